The van der Waals surface area contributed by atoms with Gasteiger partial charge in [-0.25, -0.2) is 0 Å². The number of halogens is 2. The number of imide groups is 1. The molecule has 6 heteroatoms. The van der Waals surface area contributed by atoms with Crippen LogP contribution in [0.1, 0.15) is 5.56 Å². The Balaban J connectivity index is 2.21. The topological polar surface area (TPSA) is 55.4 Å². The van der Waals surface area contributed by atoms with Gasteiger partial charge >= 0.3 is 6.61 Å². The highest BCUT2D eigenvalue weighted by molar-refractivity contribution is 6.33. The molecule has 0 radical (unpaired) electrons. The number of carbonyl (C=O) groups is 2. The average molecular weight is 239 g/mol. The van der Waals surface area contributed by atoms with E-state index in [1.807, 2.05) is 0 Å². The molecule has 2 rings (SSSR count). The van der Waals surface area contributed by atoms with Gasteiger partial charge in [0.2, 0.25) is 0 Å². The molecule has 88 valence electrons. The van der Waals surface area contributed by atoms with Gasteiger partial charge < -0.3 is 4.74 Å². The molecule has 2 amide bonds. The molecule has 1 aromatic rings. The summed E-state index contributed by atoms with van der Waals surface area (Å²) in [5.74, 6) is -0.996. The number of hydrogen-bond acceptors (Lipinski definition) is 3. The van der Waals surface area contributed by atoms with Crippen molar-refractivity contribution in [2.45, 2.75) is 6.61 Å². The molecule has 1 aliphatic rings. The second-order valence-electron chi connectivity index (χ2n) is 3.28. The van der Waals surface area contributed by atoms with Gasteiger partial charge in [-0.3, -0.25) is 14.9 Å². The average Bonchev–Trinajstić information content (AvgIpc) is 2.58. The first-order chi connectivity index (χ1) is 8.06. The first-order valence-electron chi connectivity index (χ1n) is 4.68. The van der Waals surface area contributed by atoms with E-state index in [2.05, 4.69) is 10.1 Å². The van der Waals surface area contributed by atoms with Gasteiger partial charge in [0, 0.05) is 6.08 Å². The predicted molar refractivity (Wildman–Crippen MR) is 54.2 cm³/mol. The zero-order valence-corrected chi connectivity index (χ0v) is 8.44. The molecule has 17 heavy (non-hydrogen) atoms. The molecule has 0 bridgehead atoms. The Hall–Kier alpha value is -2.24. The first kappa shape index (κ1) is 11.3. The summed E-state index contributed by atoms with van der Waals surface area (Å²) in [4.78, 5) is 22.2. The molecule has 1 N–H and O–H groups in total. The summed E-state index contributed by atoms with van der Waals surface area (Å²) in [6.45, 7) is -2.89. The maximum Gasteiger partial charge on any atom is 0.387 e. The van der Waals surface area contributed by atoms with Crippen LogP contribution < -0.4 is 10.1 Å². The van der Waals surface area contributed by atoms with E-state index in [-0.39, 0.29) is 11.3 Å². The maximum atomic E-state index is 11.9. The SMILES string of the molecule is O=C1C=C(c2ccc(OC(F)F)cc2)C(=O)N1. The minimum absolute atomic E-state index is 0.00548. The molecule has 0 aromatic heterocycles. The predicted octanol–water partition coefficient (Wildman–Crippen LogP) is 1.33. The summed E-state index contributed by atoms with van der Waals surface area (Å²) in [6.07, 6.45) is 1.16. The Kier molecular flexibility index (Phi) is 2.86. The van der Waals surface area contributed by atoms with Crippen LogP contribution in [0.5, 0.6) is 5.75 Å². The molecule has 0 saturated carbocycles. The quantitative estimate of drug-likeness (QED) is 0.809. The number of nitrogens with one attached hydrogen (secondary N) is 1. The summed E-state index contributed by atoms with van der Waals surface area (Å²) in [7, 11) is 0. The van der Waals surface area contributed by atoms with Crippen LogP contribution in [0.2, 0.25) is 0 Å². The number of alkyl halides is 2. The van der Waals surface area contributed by atoms with E-state index < -0.39 is 18.4 Å². The fraction of sp³-hybridized carbons (Fsp3) is 0.0909. The van der Waals surface area contributed by atoms with Gasteiger partial charge in [0.1, 0.15) is 5.75 Å². The van der Waals surface area contributed by atoms with Crippen molar-refractivity contribution >= 4 is 17.4 Å². The van der Waals surface area contributed by atoms with Crippen LogP contribution in [0.4, 0.5) is 8.78 Å². The third-order valence-corrected chi connectivity index (χ3v) is 2.15. The molecule has 0 fully saturated rings. The van der Waals surface area contributed by atoms with Crippen LogP contribution in [0.25, 0.3) is 5.57 Å². The smallest absolute Gasteiger partial charge is 0.387 e. The second kappa shape index (κ2) is 4.32. The van der Waals surface area contributed by atoms with Crippen molar-refractivity contribution in [3.05, 3.63) is 35.9 Å². The van der Waals surface area contributed by atoms with Crippen LogP contribution in [0.15, 0.2) is 30.3 Å². The summed E-state index contributed by atoms with van der Waals surface area (Å²) >= 11 is 0. The van der Waals surface area contributed by atoms with E-state index in [9.17, 15) is 18.4 Å². The van der Waals surface area contributed by atoms with Gasteiger partial charge in [-0.1, -0.05) is 12.1 Å². The highest BCUT2D eigenvalue weighted by Gasteiger charge is 2.21. The van der Waals surface area contributed by atoms with Gasteiger partial charge in [0.15, 0.2) is 0 Å². The van der Waals surface area contributed by atoms with E-state index in [0.29, 0.717) is 5.56 Å². The van der Waals surface area contributed by atoms with Crippen molar-refractivity contribution in [3.8, 4) is 5.75 Å². The van der Waals surface area contributed by atoms with E-state index in [1.165, 1.54) is 24.3 Å². The van der Waals surface area contributed by atoms with E-state index in [1.54, 1.807) is 0 Å². The highest BCUT2D eigenvalue weighted by Crippen LogP contribution is 2.22. The largest absolute Gasteiger partial charge is 0.435 e. The lowest BCUT2D eigenvalue weighted by Crippen LogP contribution is -2.21. The minimum atomic E-state index is -2.89. The molecule has 1 aliphatic heterocycles. The van der Waals surface area contributed by atoms with Crippen molar-refractivity contribution in [2.24, 2.45) is 0 Å². The summed E-state index contributed by atoms with van der Waals surface area (Å²) < 4.78 is 27.9. The second-order valence-corrected chi connectivity index (χ2v) is 3.28. The van der Waals surface area contributed by atoms with Crippen LogP contribution in [0, 0.1) is 0 Å². The number of hydrogen-bond donors (Lipinski definition) is 1. The monoisotopic (exact) mass is 239 g/mol. The van der Waals surface area contributed by atoms with E-state index >= 15 is 0 Å². The Morgan fingerprint density at radius 3 is 2.24 bits per heavy atom. The molecule has 0 aliphatic carbocycles. The lowest BCUT2D eigenvalue weighted by atomic mass is 10.1. The van der Waals surface area contributed by atoms with E-state index in [4.69, 9.17) is 0 Å². The molecule has 0 saturated heterocycles. The normalized spacial score (nSPS) is 14.9. The van der Waals surface area contributed by atoms with Crippen molar-refractivity contribution < 1.29 is 23.1 Å². The Labute approximate surface area is 94.9 Å². The fourth-order valence-electron chi connectivity index (χ4n) is 1.44. The zero-order chi connectivity index (χ0) is 12.4. The summed E-state index contributed by atoms with van der Waals surface area (Å²) in [5.41, 5.74) is 0.675. The maximum absolute atomic E-state index is 11.9. The summed E-state index contributed by atoms with van der Waals surface area (Å²) in [6, 6.07) is 5.47. The van der Waals surface area contributed by atoms with E-state index in [0.717, 1.165) is 6.08 Å². The molecule has 1 aromatic carbocycles. The summed E-state index contributed by atoms with van der Waals surface area (Å²) in [5, 5.41) is 2.09. The number of amides is 2. The third kappa shape index (κ3) is 2.47. The van der Waals surface area contributed by atoms with Gasteiger partial charge in [-0.2, -0.15) is 8.78 Å². The Morgan fingerprint density at radius 2 is 1.76 bits per heavy atom. The number of carbonyl (C=O) groups excluding carboxylic acids is 2. The standard InChI is InChI=1S/C11H7F2NO3/c12-11(13)17-7-3-1-6(2-4-7)8-5-9(15)14-10(8)16/h1-5,11H,(H,14,15,16). The zero-order valence-electron chi connectivity index (χ0n) is 8.44. The molecule has 0 spiro atoms. The fourth-order valence-corrected chi connectivity index (χ4v) is 1.44. The van der Waals surface area contributed by atoms with Crippen molar-refractivity contribution in [1.82, 2.24) is 5.32 Å². The Morgan fingerprint density at radius 1 is 1.12 bits per heavy atom. The van der Waals surface area contributed by atoms with Gasteiger partial charge in [-0.15, -0.1) is 0 Å². The van der Waals surface area contributed by atoms with Crippen LogP contribution >= 0.6 is 0 Å². The molecule has 0 unspecified atom stereocenters. The molecule has 0 atom stereocenters. The van der Waals surface area contributed by atoms with Crippen molar-refractivity contribution in [2.75, 3.05) is 0 Å². The molecular formula is C11H7F2NO3. The van der Waals surface area contributed by atoms with Crippen LogP contribution in [-0.2, 0) is 9.59 Å². The van der Waals surface area contributed by atoms with Crippen LogP contribution in [0.3, 0.4) is 0 Å². The Bertz CT molecular complexity index is 494. The van der Waals surface area contributed by atoms with Gasteiger partial charge in [0.05, 0.1) is 5.57 Å². The minimum Gasteiger partial charge on any atom is -0.435 e. The highest BCUT2D eigenvalue weighted by atomic mass is 19.3. The lowest BCUT2D eigenvalue weighted by Gasteiger charge is -2.05. The lowest BCUT2D eigenvalue weighted by molar-refractivity contribution is -0.123. The molecule has 4 nitrogen and oxygen atoms in total. The first-order valence-corrected chi connectivity index (χ1v) is 4.68. The van der Waals surface area contributed by atoms with Gasteiger partial charge in [-0.05, 0) is 17.7 Å². The molecular weight excluding hydrogens is 232 g/mol. The number of rotatable bonds is 3. The third-order valence-electron chi connectivity index (χ3n) is 2.15. The number of benzene rings is 1. The number of ether oxygens (including phenoxy) is 1. The van der Waals surface area contributed by atoms with Gasteiger partial charge in [0.25, 0.3) is 11.8 Å². The van der Waals surface area contributed by atoms with Crippen molar-refractivity contribution in [3.63, 3.8) is 0 Å². The molecule has 1 heterocycles. The van der Waals surface area contributed by atoms with Crippen LogP contribution in [-0.4, -0.2) is 18.4 Å². The van der Waals surface area contributed by atoms with Crippen molar-refractivity contribution in [1.29, 1.82) is 0 Å².